The van der Waals surface area contributed by atoms with Crippen LogP contribution in [0.5, 0.6) is 0 Å². The van der Waals surface area contributed by atoms with Crippen molar-refractivity contribution in [1.82, 2.24) is 14.8 Å². The third-order valence-corrected chi connectivity index (χ3v) is 7.30. The van der Waals surface area contributed by atoms with Crippen molar-refractivity contribution in [3.8, 4) is 11.4 Å². The molecule has 5 nitrogen and oxygen atoms in total. The Morgan fingerprint density at radius 3 is 2.57 bits per heavy atom. The summed E-state index contributed by atoms with van der Waals surface area (Å²) in [6.07, 6.45) is 11.5. The molecule has 1 aromatic heterocycles. The summed E-state index contributed by atoms with van der Waals surface area (Å²) in [5.41, 5.74) is 1.07. The van der Waals surface area contributed by atoms with Crippen molar-refractivity contribution >= 4 is 11.9 Å². The molecular formula is C23H30N4O. The lowest BCUT2D eigenvalue weighted by molar-refractivity contribution is -0.120. The number of aromatic nitrogens is 3. The number of amides is 1. The summed E-state index contributed by atoms with van der Waals surface area (Å²) >= 11 is 0. The number of benzene rings is 1. The van der Waals surface area contributed by atoms with E-state index in [4.69, 9.17) is 10.1 Å². The average molecular weight is 379 g/mol. The number of hydrogen-bond donors (Lipinski definition) is 0. The molecule has 1 aliphatic heterocycles. The lowest BCUT2D eigenvalue weighted by atomic mass is 9.64. The summed E-state index contributed by atoms with van der Waals surface area (Å²) in [6, 6.07) is 10.5. The second-order valence-electron chi connectivity index (χ2n) is 8.75. The molecule has 0 radical (unpaired) electrons. The van der Waals surface area contributed by atoms with Crippen molar-refractivity contribution in [3.63, 3.8) is 0 Å². The molecule has 0 bridgehead atoms. The minimum atomic E-state index is 0.0449. The monoisotopic (exact) mass is 378 g/mol. The van der Waals surface area contributed by atoms with E-state index in [0.717, 1.165) is 23.8 Å². The number of anilines is 1. The topological polar surface area (TPSA) is 51.0 Å². The number of rotatable bonds is 2. The van der Waals surface area contributed by atoms with Gasteiger partial charge in [0.05, 0.1) is 5.54 Å². The normalized spacial score (nSPS) is 26.0. The fraction of sp³-hybridized carbons (Fsp3) is 0.609. The van der Waals surface area contributed by atoms with Gasteiger partial charge in [-0.2, -0.15) is 4.98 Å². The Kier molecular flexibility index (Phi) is 4.48. The maximum atomic E-state index is 13.0. The number of fused-ring (bicyclic) bond motifs is 4. The Morgan fingerprint density at radius 2 is 1.82 bits per heavy atom. The number of carbonyl (C=O) groups is 1. The van der Waals surface area contributed by atoms with Crippen molar-refractivity contribution in [2.75, 3.05) is 4.90 Å². The molecule has 0 unspecified atom stereocenters. The smallest absolute Gasteiger partial charge is 0.231 e. The van der Waals surface area contributed by atoms with E-state index in [9.17, 15) is 4.79 Å². The maximum Gasteiger partial charge on any atom is 0.231 e. The lowest BCUT2D eigenvalue weighted by Gasteiger charge is -2.55. The van der Waals surface area contributed by atoms with Crippen LogP contribution in [0, 0.1) is 5.92 Å². The first kappa shape index (κ1) is 17.9. The molecule has 2 aliphatic carbocycles. The van der Waals surface area contributed by atoms with Gasteiger partial charge in [0.25, 0.3) is 0 Å². The SMILES string of the molecule is CCC(=O)N1c2nc(-c3ccccc3)nn2C2(CCCCC2)[C@@H]2CCCC[C@@H]21. The first-order chi connectivity index (χ1) is 13.7. The van der Waals surface area contributed by atoms with E-state index < -0.39 is 0 Å². The van der Waals surface area contributed by atoms with Crippen LogP contribution in [0.3, 0.4) is 0 Å². The number of hydrogen-bond acceptors (Lipinski definition) is 3. The summed E-state index contributed by atoms with van der Waals surface area (Å²) in [5, 5.41) is 5.07. The molecule has 2 aromatic rings. The van der Waals surface area contributed by atoms with Crippen LogP contribution in [-0.4, -0.2) is 26.7 Å². The first-order valence-corrected chi connectivity index (χ1v) is 11.1. The van der Waals surface area contributed by atoms with Gasteiger partial charge in [-0.3, -0.25) is 9.69 Å². The first-order valence-electron chi connectivity index (χ1n) is 11.1. The van der Waals surface area contributed by atoms with Gasteiger partial charge in [0.1, 0.15) is 0 Å². The quantitative estimate of drug-likeness (QED) is 0.745. The third-order valence-electron chi connectivity index (χ3n) is 7.30. The molecule has 2 saturated carbocycles. The molecule has 28 heavy (non-hydrogen) atoms. The second kappa shape index (κ2) is 7.02. The molecule has 5 rings (SSSR count). The third kappa shape index (κ3) is 2.62. The fourth-order valence-electron chi connectivity index (χ4n) is 6.03. The Bertz CT molecular complexity index is 853. The Labute approximate surface area is 167 Å². The van der Waals surface area contributed by atoms with E-state index in [0.29, 0.717) is 18.4 Å². The van der Waals surface area contributed by atoms with Crippen LogP contribution in [0.4, 0.5) is 5.95 Å². The van der Waals surface area contributed by atoms with Gasteiger partial charge < -0.3 is 0 Å². The van der Waals surface area contributed by atoms with Gasteiger partial charge in [-0.15, -0.1) is 5.10 Å². The summed E-state index contributed by atoms with van der Waals surface area (Å²) in [6.45, 7) is 1.96. The van der Waals surface area contributed by atoms with Crippen LogP contribution in [0.25, 0.3) is 11.4 Å². The number of nitrogens with zero attached hydrogens (tertiary/aromatic N) is 4. The van der Waals surface area contributed by atoms with Gasteiger partial charge in [0.15, 0.2) is 5.82 Å². The van der Waals surface area contributed by atoms with Crippen molar-refractivity contribution in [2.45, 2.75) is 82.7 Å². The minimum absolute atomic E-state index is 0.0449. The maximum absolute atomic E-state index is 13.0. The summed E-state index contributed by atoms with van der Waals surface area (Å²) in [7, 11) is 0. The Hall–Kier alpha value is -2.17. The molecule has 0 saturated heterocycles. The highest BCUT2D eigenvalue weighted by Gasteiger charge is 2.54. The van der Waals surface area contributed by atoms with E-state index in [1.807, 2.05) is 30.0 Å². The molecule has 1 aromatic carbocycles. The summed E-state index contributed by atoms with van der Waals surface area (Å²) in [5.74, 6) is 2.26. The van der Waals surface area contributed by atoms with Crippen molar-refractivity contribution < 1.29 is 4.79 Å². The van der Waals surface area contributed by atoms with E-state index in [1.165, 1.54) is 51.4 Å². The number of carbonyl (C=O) groups excluding carboxylic acids is 1. The highest BCUT2D eigenvalue weighted by molar-refractivity contribution is 5.92. The predicted octanol–water partition coefficient (Wildman–Crippen LogP) is 4.92. The van der Waals surface area contributed by atoms with Crippen molar-refractivity contribution in [2.24, 2.45) is 5.92 Å². The van der Waals surface area contributed by atoms with Gasteiger partial charge in [-0.05, 0) is 25.7 Å². The molecule has 1 amide bonds. The summed E-state index contributed by atoms with van der Waals surface area (Å²) < 4.78 is 2.20. The standard InChI is InChI=1S/C23H30N4O/c1-2-20(28)26-19-14-8-7-13-18(19)23(15-9-4-10-16-23)27-22(26)24-21(25-27)17-11-5-3-6-12-17/h3,5-6,11-12,18-19H,2,4,7-10,13-16H2,1H3/t18-,19+/m1/s1. The molecular weight excluding hydrogens is 348 g/mol. The van der Waals surface area contributed by atoms with Gasteiger partial charge in [-0.1, -0.05) is 69.4 Å². The average Bonchev–Trinajstić information content (AvgIpc) is 3.21. The van der Waals surface area contributed by atoms with Crippen LogP contribution >= 0.6 is 0 Å². The van der Waals surface area contributed by atoms with Gasteiger partial charge in [0, 0.05) is 23.9 Å². The fourth-order valence-corrected chi connectivity index (χ4v) is 6.03. The van der Waals surface area contributed by atoms with Gasteiger partial charge in [0.2, 0.25) is 11.9 Å². The molecule has 2 atom stereocenters. The Balaban J connectivity index is 1.70. The second-order valence-corrected chi connectivity index (χ2v) is 8.75. The van der Waals surface area contributed by atoms with Crippen LogP contribution in [0.1, 0.15) is 71.1 Å². The van der Waals surface area contributed by atoms with Crippen LogP contribution < -0.4 is 4.90 Å². The van der Waals surface area contributed by atoms with E-state index in [1.54, 1.807) is 0 Å². The highest BCUT2D eigenvalue weighted by atomic mass is 16.2. The molecule has 2 heterocycles. The van der Waals surface area contributed by atoms with Crippen LogP contribution in [0.2, 0.25) is 0 Å². The van der Waals surface area contributed by atoms with E-state index in [2.05, 4.69) is 16.8 Å². The van der Waals surface area contributed by atoms with Crippen LogP contribution in [0.15, 0.2) is 30.3 Å². The molecule has 0 N–H and O–H groups in total. The zero-order chi connectivity index (χ0) is 19.1. The van der Waals surface area contributed by atoms with E-state index >= 15 is 0 Å². The van der Waals surface area contributed by atoms with Gasteiger partial charge in [-0.25, -0.2) is 4.68 Å². The summed E-state index contributed by atoms with van der Waals surface area (Å²) in [4.78, 5) is 20.0. The van der Waals surface area contributed by atoms with Crippen molar-refractivity contribution in [3.05, 3.63) is 30.3 Å². The molecule has 148 valence electrons. The molecule has 3 aliphatic rings. The zero-order valence-corrected chi connectivity index (χ0v) is 16.8. The molecule has 1 spiro atoms. The zero-order valence-electron chi connectivity index (χ0n) is 16.8. The highest BCUT2D eigenvalue weighted by Crippen LogP contribution is 2.53. The lowest BCUT2D eigenvalue weighted by Crippen LogP contribution is -2.61. The predicted molar refractivity (Wildman–Crippen MR) is 110 cm³/mol. The Morgan fingerprint density at radius 1 is 1.07 bits per heavy atom. The van der Waals surface area contributed by atoms with Crippen molar-refractivity contribution in [1.29, 1.82) is 0 Å². The van der Waals surface area contributed by atoms with Crippen LogP contribution in [-0.2, 0) is 10.3 Å². The minimum Gasteiger partial charge on any atom is -0.277 e. The largest absolute Gasteiger partial charge is 0.277 e. The van der Waals surface area contributed by atoms with E-state index in [-0.39, 0.29) is 11.4 Å². The molecule has 2 fully saturated rings. The molecule has 5 heteroatoms. The van der Waals surface area contributed by atoms with Gasteiger partial charge >= 0.3 is 0 Å².